The third kappa shape index (κ3) is 3.04. The van der Waals surface area contributed by atoms with Crippen LogP contribution in [0.3, 0.4) is 0 Å². The number of carbonyl (C=O) groups excluding carboxylic acids is 1. The number of rotatable bonds is 4. The topological polar surface area (TPSA) is 54.9 Å². The zero-order chi connectivity index (χ0) is 15.4. The molecule has 4 nitrogen and oxygen atoms in total. The van der Waals surface area contributed by atoms with Gasteiger partial charge in [-0.15, -0.1) is 0 Å². The number of hydrogen-bond acceptors (Lipinski definition) is 4. The maximum atomic E-state index is 12.5. The Hall–Kier alpha value is -2.53. The third-order valence-corrected chi connectivity index (χ3v) is 4.14. The second kappa shape index (κ2) is 6.49. The fourth-order valence-corrected chi connectivity index (χ4v) is 2.96. The van der Waals surface area contributed by atoms with Crippen molar-refractivity contribution in [2.24, 2.45) is 0 Å². The molecule has 110 valence electrons. The zero-order valence-corrected chi connectivity index (χ0v) is 12.9. The Labute approximate surface area is 133 Å². The maximum Gasteiger partial charge on any atom is 0.254 e. The molecule has 3 rings (SSSR count). The summed E-state index contributed by atoms with van der Waals surface area (Å²) in [6.45, 7) is 1.84. The Kier molecular flexibility index (Phi) is 4.25. The first-order valence-corrected chi connectivity index (χ1v) is 7.76. The number of hydrogen-bond donors (Lipinski definition) is 1. The molecule has 1 atom stereocenters. The smallest absolute Gasteiger partial charge is 0.254 e. The van der Waals surface area contributed by atoms with E-state index in [4.69, 9.17) is 0 Å². The quantitative estimate of drug-likeness (QED) is 0.804. The van der Waals surface area contributed by atoms with Crippen LogP contribution in [-0.4, -0.2) is 15.3 Å². The minimum Gasteiger partial charge on any atom is -0.341 e. The van der Waals surface area contributed by atoms with Crippen molar-refractivity contribution in [2.75, 3.05) is 0 Å². The van der Waals surface area contributed by atoms with Gasteiger partial charge in [-0.25, -0.2) is 0 Å². The maximum absolute atomic E-state index is 12.5. The van der Waals surface area contributed by atoms with E-state index in [1.807, 2.05) is 49.4 Å². The van der Waals surface area contributed by atoms with Gasteiger partial charge in [-0.2, -0.15) is 4.37 Å². The van der Waals surface area contributed by atoms with Gasteiger partial charge in [0.1, 0.15) is 0 Å². The highest BCUT2D eigenvalue weighted by molar-refractivity contribution is 7.03. The number of nitrogens with zero attached hydrogens (tertiary/aromatic N) is 2. The van der Waals surface area contributed by atoms with Gasteiger partial charge >= 0.3 is 0 Å². The molecule has 22 heavy (non-hydrogen) atoms. The van der Waals surface area contributed by atoms with Gasteiger partial charge in [-0.3, -0.25) is 9.78 Å². The molecule has 0 spiro atoms. The second-order valence-corrected chi connectivity index (χ2v) is 5.55. The van der Waals surface area contributed by atoms with Gasteiger partial charge in [0.25, 0.3) is 5.91 Å². The van der Waals surface area contributed by atoms with Crippen molar-refractivity contribution in [1.29, 1.82) is 0 Å². The summed E-state index contributed by atoms with van der Waals surface area (Å²) in [5, 5.41) is 4.85. The summed E-state index contributed by atoms with van der Waals surface area (Å²) in [5.74, 6) is -0.121. The highest BCUT2D eigenvalue weighted by Crippen LogP contribution is 2.22. The van der Waals surface area contributed by atoms with Crippen LogP contribution < -0.4 is 5.32 Å². The molecule has 1 aromatic carbocycles. The fourth-order valence-electron chi connectivity index (χ4n) is 2.27. The first-order chi connectivity index (χ1) is 10.8. The molecule has 0 aliphatic heterocycles. The molecule has 1 N–H and O–H groups in total. The van der Waals surface area contributed by atoms with Crippen LogP contribution in [0.1, 0.15) is 33.2 Å². The van der Waals surface area contributed by atoms with E-state index in [1.165, 1.54) is 11.5 Å². The van der Waals surface area contributed by atoms with E-state index in [-0.39, 0.29) is 11.9 Å². The summed E-state index contributed by atoms with van der Waals surface area (Å²) in [7, 11) is 0. The minimum absolute atomic E-state index is 0.121. The van der Waals surface area contributed by atoms with Crippen LogP contribution in [0.5, 0.6) is 0 Å². The molecule has 1 amide bonds. The average Bonchev–Trinajstić information content (AvgIpc) is 3.00. The Morgan fingerprint density at radius 2 is 1.91 bits per heavy atom. The van der Waals surface area contributed by atoms with Gasteiger partial charge in [0.15, 0.2) is 0 Å². The number of nitrogens with one attached hydrogen (secondary N) is 1. The zero-order valence-electron chi connectivity index (χ0n) is 12.1. The number of aryl methyl sites for hydroxylation is 1. The Morgan fingerprint density at radius 3 is 2.55 bits per heavy atom. The molecule has 2 heterocycles. The summed E-state index contributed by atoms with van der Waals surface area (Å²) in [4.78, 5) is 16.7. The summed E-state index contributed by atoms with van der Waals surface area (Å²) in [6, 6.07) is 13.5. The monoisotopic (exact) mass is 309 g/mol. The van der Waals surface area contributed by atoms with E-state index in [0.29, 0.717) is 5.56 Å². The predicted octanol–water partition coefficient (Wildman–Crippen LogP) is 3.37. The van der Waals surface area contributed by atoms with Crippen LogP contribution >= 0.6 is 11.5 Å². The fraction of sp³-hybridized carbons (Fsp3) is 0.118. The van der Waals surface area contributed by atoms with E-state index >= 15 is 0 Å². The summed E-state index contributed by atoms with van der Waals surface area (Å²) in [6.07, 6.45) is 3.50. The molecule has 0 aliphatic carbocycles. The van der Waals surface area contributed by atoms with Crippen molar-refractivity contribution in [1.82, 2.24) is 14.7 Å². The SMILES string of the molecule is Cc1nscc1C(=O)N[C@H](c1ccccc1)c1cccnc1. The van der Waals surface area contributed by atoms with Crippen LogP contribution in [0.15, 0.2) is 60.2 Å². The molecule has 0 fully saturated rings. The highest BCUT2D eigenvalue weighted by atomic mass is 32.1. The van der Waals surface area contributed by atoms with Crippen LogP contribution in [-0.2, 0) is 0 Å². The van der Waals surface area contributed by atoms with Gasteiger partial charge in [0.05, 0.1) is 17.3 Å². The number of carbonyl (C=O) groups is 1. The van der Waals surface area contributed by atoms with Crippen molar-refractivity contribution in [2.45, 2.75) is 13.0 Å². The van der Waals surface area contributed by atoms with E-state index < -0.39 is 0 Å². The molecule has 3 aromatic rings. The number of pyridine rings is 1. The first-order valence-electron chi connectivity index (χ1n) is 6.92. The molecule has 0 saturated heterocycles. The predicted molar refractivity (Wildman–Crippen MR) is 86.8 cm³/mol. The number of aromatic nitrogens is 2. The van der Waals surface area contributed by atoms with Crippen molar-refractivity contribution >= 4 is 17.4 Å². The molecule has 2 aromatic heterocycles. The Balaban J connectivity index is 1.93. The second-order valence-electron chi connectivity index (χ2n) is 4.92. The van der Waals surface area contributed by atoms with Gasteiger partial charge in [-0.05, 0) is 35.6 Å². The van der Waals surface area contributed by atoms with Gasteiger partial charge in [-0.1, -0.05) is 36.4 Å². The normalized spacial score (nSPS) is 11.9. The minimum atomic E-state index is -0.235. The van der Waals surface area contributed by atoms with Crippen LogP contribution in [0.2, 0.25) is 0 Å². The van der Waals surface area contributed by atoms with Crippen molar-refractivity contribution in [3.8, 4) is 0 Å². The molecule has 0 aliphatic rings. The highest BCUT2D eigenvalue weighted by Gasteiger charge is 2.19. The molecule has 5 heteroatoms. The summed E-state index contributed by atoms with van der Waals surface area (Å²) in [5.41, 5.74) is 3.34. The van der Waals surface area contributed by atoms with Crippen molar-refractivity contribution in [3.63, 3.8) is 0 Å². The number of amides is 1. The lowest BCUT2D eigenvalue weighted by Crippen LogP contribution is -2.29. The van der Waals surface area contributed by atoms with E-state index in [9.17, 15) is 4.79 Å². The molecular weight excluding hydrogens is 294 g/mol. The third-order valence-electron chi connectivity index (χ3n) is 3.42. The lowest BCUT2D eigenvalue weighted by atomic mass is 10.00. The van der Waals surface area contributed by atoms with Crippen LogP contribution in [0.4, 0.5) is 0 Å². The van der Waals surface area contributed by atoms with Crippen molar-refractivity contribution < 1.29 is 4.79 Å². The lowest BCUT2D eigenvalue weighted by molar-refractivity contribution is 0.0942. The summed E-state index contributed by atoms with van der Waals surface area (Å²) >= 11 is 1.29. The van der Waals surface area contributed by atoms with Gasteiger partial charge in [0.2, 0.25) is 0 Å². The van der Waals surface area contributed by atoms with Crippen LogP contribution in [0, 0.1) is 6.92 Å². The molecule has 0 bridgehead atoms. The number of benzene rings is 1. The lowest BCUT2D eigenvalue weighted by Gasteiger charge is -2.19. The average molecular weight is 309 g/mol. The standard InChI is InChI=1S/C17H15N3OS/c1-12-15(11-22-20-12)17(21)19-16(13-6-3-2-4-7-13)14-8-5-9-18-10-14/h2-11,16H,1H3,(H,19,21)/t16-/m1/s1. The van der Waals surface area contributed by atoms with E-state index in [2.05, 4.69) is 14.7 Å². The van der Waals surface area contributed by atoms with E-state index in [1.54, 1.807) is 17.8 Å². The Morgan fingerprint density at radius 1 is 1.14 bits per heavy atom. The van der Waals surface area contributed by atoms with E-state index in [0.717, 1.165) is 16.8 Å². The molecule has 0 saturated carbocycles. The van der Waals surface area contributed by atoms with Gasteiger partial charge < -0.3 is 5.32 Å². The molecule has 0 unspecified atom stereocenters. The molecular formula is C17H15N3OS. The Bertz CT molecular complexity index is 716. The first kappa shape index (κ1) is 14.4. The van der Waals surface area contributed by atoms with Gasteiger partial charge in [0, 0.05) is 17.8 Å². The largest absolute Gasteiger partial charge is 0.341 e. The summed E-state index contributed by atoms with van der Waals surface area (Å²) < 4.78 is 4.16. The molecule has 0 radical (unpaired) electrons. The van der Waals surface area contributed by atoms with Crippen LogP contribution in [0.25, 0.3) is 0 Å². The van der Waals surface area contributed by atoms with Crippen molar-refractivity contribution in [3.05, 3.63) is 82.6 Å².